The summed E-state index contributed by atoms with van der Waals surface area (Å²) in [4.78, 5) is 33.5. The molecule has 2 N–H and O–H groups in total. The van der Waals surface area contributed by atoms with Crippen LogP contribution in [0.5, 0.6) is 0 Å². The molecule has 2 aromatic rings. The Morgan fingerprint density at radius 2 is 1.90 bits per heavy atom. The van der Waals surface area contributed by atoms with Crippen molar-refractivity contribution in [2.45, 2.75) is 57.8 Å². The zero-order chi connectivity index (χ0) is 20.8. The van der Waals surface area contributed by atoms with Gasteiger partial charge < -0.3 is 10.6 Å². The highest BCUT2D eigenvalue weighted by Crippen LogP contribution is 2.44. The van der Waals surface area contributed by atoms with Crippen LogP contribution in [0.4, 0.5) is 5.82 Å². The summed E-state index contributed by atoms with van der Waals surface area (Å²) < 4.78 is 2.80. The van der Waals surface area contributed by atoms with Gasteiger partial charge in [-0.1, -0.05) is 54.9 Å². The fraction of sp³-hybridized carbons (Fsp3) is 0.409. The van der Waals surface area contributed by atoms with Gasteiger partial charge in [0.15, 0.2) is 5.17 Å². The largest absolute Gasteiger partial charge is 0.384 e. The van der Waals surface area contributed by atoms with E-state index in [2.05, 4.69) is 4.90 Å². The van der Waals surface area contributed by atoms with Gasteiger partial charge in [0.2, 0.25) is 0 Å². The highest BCUT2D eigenvalue weighted by molar-refractivity contribution is 8.16. The molecule has 3 heterocycles. The van der Waals surface area contributed by atoms with Gasteiger partial charge in [-0.25, -0.2) is 4.79 Å². The maximum Gasteiger partial charge on any atom is 0.332 e. The molecule has 1 aromatic heterocycles. The molecule has 1 aliphatic carbocycles. The van der Waals surface area contributed by atoms with Crippen LogP contribution in [0, 0.1) is 0 Å². The van der Waals surface area contributed by atoms with Crippen LogP contribution in [0.1, 0.15) is 43.7 Å². The number of anilines is 1. The summed E-state index contributed by atoms with van der Waals surface area (Å²) in [5.41, 5.74) is 7.99. The van der Waals surface area contributed by atoms with Gasteiger partial charge >= 0.3 is 5.69 Å². The van der Waals surface area contributed by atoms with Crippen LogP contribution in [-0.4, -0.2) is 31.3 Å². The van der Waals surface area contributed by atoms with Gasteiger partial charge in [-0.2, -0.15) is 0 Å². The second kappa shape index (κ2) is 7.50. The molecular formula is C22H25N5O2S. The van der Waals surface area contributed by atoms with Crippen LogP contribution < -0.4 is 17.0 Å². The van der Waals surface area contributed by atoms with E-state index in [-0.39, 0.29) is 29.2 Å². The van der Waals surface area contributed by atoms with Gasteiger partial charge in [-0.15, -0.1) is 0 Å². The highest BCUT2D eigenvalue weighted by atomic mass is 32.2. The molecule has 3 aliphatic rings. The van der Waals surface area contributed by atoms with Gasteiger partial charge in [0.1, 0.15) is 11.4 Å². The second-order valence-corrected chi connectivity index (χ2v) is 8.82. The molecule has 0 spiro atoms. The number of aliphatic imine (C=N–C) groups is 1. The van der Waals surface area contributed by atoms with Gasteiger partial charge in [0, 0.05) is 12.0 Å². The summed E-state index contributed by atoms with van der Waals surface area (Å²) in [6.07, 6.45) is 4.50. The van der Waals surface area contributed by atoms with Gasteiger partial charge in [0.25, 0.3) is 5.56 Å². The van der Waals surface area contributed by atoms with Gasteiger partial charge in [0.05, 0.1) is 24.3 Å². The van der Waals surface area contributed by atoms with Crippen LogP contribution in [0.3, 0.4) is 0 Å². The zero-order valence-electron chi connectivity index (χ0n) is 17.0. The molecule has 0 radical (unpaired) electrons. The number of benzene rings is 1. The lowest BCUT2D eigenvalue weighted by Crippen LogP contribution is -2.45. The molecule has 0 amide bonds. The van der Waals surface area contributed by atoms with E-state index in [9.17, 15) is 9.59 Å². The van der Waals surface area contributed by atoms with Crippen LogP contribution in [0.25, 0.3) is 5.70 Å². The average Bonchev–Trinajstić information content (AvgIpc) is 3.32. The van der Waals surface area contributed by atoms with E-state index in [1.165, 1.54) is 22.0 Å². The standard InChI is InChI=1S/C22H25N5O2S/c1-2-25-20(28)18(19(23)26(22(25)29)12-14-8-4-3-5-9-14)17-13-30-21-24-15-10-6-7-11-16(15)27(17)21/h3-5,8-9,13,15-16H,2,6-7,10-12,23H2,1H3/t15-,16-/m1/s1. The molecule has 1 fully saturated rings. The van der Waals surface area contributed by atoms with Crippen molar-refractivity contribution >= 4 is 28.4 Å². The molecular weight excluding hydrogens is 398 g/mol. The second-order valence-electron chi connectivity index (χ2n) is 7.99. The zero-order valence-corrected chi connectivity index (χ0v) is 17.8. The molecule has 1 aromatic carbocycles. The van der Waals surface area contributed by atoms with E-state index in [1.807, 2.05) is 42.7 Å². The van der Waals surface area contributed by atoms with Crippen LogP contribution in [0.15, 0.2) is 50.3 Å². The molecule has 0 bridgehead atoms. The third-order valence-electron chi connectivity index (χ3n) is 6.27. The Bertz CT molecular complexity index is 1160. The van der Waals surface area contributed by atoms with Crippen molar-refractivity contribution in [3.63, 3.8) is 0 Å². The lowest BCUT2D eigenvalue weighted by molar-refractivity contribution is 0.305. The average molecular weight is 424 g/mol. The fourth-order valence-corrected chi connectivity index (χ4v) is 5.75. The molecule has 0 unspecified atom stereocenters. The minimum atomic E-state index is -0.371. The summed E-state index contributed by atoms with van der Waals surface area (Å²) in [6.45, 7) is 2.44. The molecule has 5 rings (SSSR count). The first-order valence-corrected chi connectivity index (χ1v) is 11.4. The number of nitrogens with two attached hydrogens (primary N) is 1. The molecule has 2 atom stereocenters. The maximum absolute atomic E-state index is 13.3. The molecule has 0 saturated heterocycles. The normalized spacial score (nSPS) is 22.5. The Kier molecular flexibility index (Phi) is 4.81. The molecule has 156 valence electrons. The smallest absolute Gasteiger partial charge is 0.332 e. The van der Waals surface area contributed by atoms with E-state index in [4.69, 9.17) is 10.7 Å². The van der Waals surface area contributed by atoms with E-state index in [0.717, 1.165) is 29.3 Å². The monoisotopic (exact) mass is 423 g/mol. The van der Waals surface area contributed by atoms with Crippen LogP contribution >= 0.6 is 11.8 Å². The van der Waals surface area contributed by atoms with Crippen molar-refractivity contribution in [3.05, 3.63) is 67.7 Å². The van der Waals surface area contributed by atoms with Crippen molar-refractivity contribution in [2.24, 2.45) is 4.99 Å². The predicted octanol–water partition coefficient (Wildman–Crippen LogP) is 2.69. The number of rotatable bonds is 4. The summed E-state index contributed by atoms with van der Waals surface area (Å²) >= 11 is 1.55. The quantitative estimate of drug-likeness (QED) is 0.817. The van der Waals surface area contributed by atoms with Crippen molar-refractivity contribution < 1.29 is 0 Å². The first kappa shape index (κ1) is 19.2. The number of amidine groups is 1. The molecule has 1 saturated carbocycles. The third kappa shape index (κ3) is 2.93. The molecule has 8 heteroatoms. The van der Waals surface area contributed by atoms with Gasteiger partial charge in [-0.3, -0.25) is 18.9 Å². The highest BCUT2D eigenvalue weighted by Gasteiger charge is 2.43. The summed E-state index contributed by atoms with van der Waals surface area (Å²) in [5.74, 6) is 0.228. The summed E-state index contributed by atoms with van der Waals surface area (Å²) in [6, 6.07) is 10.3. The topological polar surface area (TPSA) is 85.6 Å². The Morgan fingerprint density at radius 3 is 2.67 bits per heavy atom. The van der Waals surface area contributed by atoms with Crippen molar-refractivity contribution in [3.8, 4) is 0 Å². The lowest BCUT2D eigenvalue weighted by Gasteiger charge is -2.32. The number of hydrogen-bond acceptors (Lipinski definition) is 6. The third-order valence-corrected chi connectivity index (χ3v) is 7.12. The lowest BCUT2D eigenvalue weighted by atomic mass is 9.90. The fourth-order valence-electron chi connectivity index (χ4n) is 4.76. The Labute approximate surface area is 178 Å². The number of nitrogens with zero attached hydrogens (tertiary/aromatic N) is 4. The van der Waals surface area contributed by atoms with E-state index in [1.54, 1.807) is 11.8 Å². The van der Waals surface area contributed by atoms with Gasteiger partial charge in [-0.05, 0) is 25.3 Å². The summed E-state index contributed by atoms with van der Waals surface area (Å²) in [5, 5.41) is 2.92. The van der Waals surface area contributed by atoms with Crippen LogP contribution in [0.2, 0.25) is 0 Å². The molecule has 30 heavy (non-hydrogen) atoms. The number of fused-ring (bicyclic) bond motifs is 3. The van der Waals surface area contributed by atoms with E-state index < -0.39 is 0 Å². The number of thioether (sulfide) groups is 1. The van der Waals surface area contributed by atoms with Crippen molar-refractivity contribution in [1.29, 1.82) is 0 Å². The molecule has 2 aliphatic heterocycles. The van der Waals surface area contributed by atoms with Crippen molar-refractivity contribution in [2.75, 3.05) is 5.73 Å². The number of nitrogen functional groups attached to an aromatic ring is 1. The molecule has 7 nitrogen and oxygen atoms in total. The van der Waals surface area contributed by atoms with Crippen molar-refractivity contribution in [1.82, 2.24) is 14.0 Å². The SMILES string of the molecule is CCn1c(=O)c(C2=CSC3=N[C@@H]4CCCC[C@H]4N23)c(N)n(Cc2ccccc2)c1=O. The van der Waals surface area contributed by atoms with Crippen LogP contribution in [-0.2, 0) is 13.1 Å². The first-order chi connectivity index (χ1) is 14.6. The minimum absolute atomic E-state index is 0.228. The van der Waals surface area contributed by atoms with E-state index in [0.29, 0.717) is 18.7 Å². The predicted molar refractivity (Wildman–Crippen MR) is 121 cm³/mol. The Morgan fingerprint density at radius 1 is 1.13 bits per heavy atom. The van der Waals surface area contributed by atoms with E-state index >= 15 is 0 Å². The Hall–Kier alpha value is -2.74. The summed E-state index contributed by atoms with van der Waals surface area (Å²) in [7, 11) is 0. The Balaban J connectivity index is 1.64. The number of aromatic nitrogens is 2. The number of hydrogen-bond donors (Lipinski definition) is 1. The first-order valence-electron chi connectivity index (χ1n) is 10.5. The minimum Gasteiger partial charge on any atom is -0.384 e. The maximum atomic E-state index is 13.3.